The van der Waals surface area contributed by atoms with Crippen molar-refractivity contribution in [3.05, 3.63) is 0 Å². The third-order valence-electron chi connectivity index (χ3n) is 2.69. The fourth-order valence-electron chi connectivity index (χ4n) is 1.91. The lowest BCUT2D eigenvalue weighted by Crippen LogP contribution is -2.43. The molecule has 1 N–H and O–H groups in total. The average molecular weight is 310 g/mol. The SMILES string of the molecule is CC(C)C(=O)N1CCCC(CNI)C1. The topological polar surface area (TPSA) is 32.3 Å². The van der Waals surface area contributed by atoms with Crippen molar-refractivity contribution < 1.29 is 4.79 Å². The second kappa shape index (κ2) is 5.90. The number of piperidine rings is 1. The molecule has 1 rings (SSSR count). The molecule has 0 radical (unpaired) electrons. The van der Waals surface area contributed by atoms with Gasteiger partial charge in [0.1, 0.15) is 0 Å². The minimum absolute atomic E-state index is 0.140. The molecule has 0 aromatic heterocycles. The van der Waals surface area contributed by atoms with Crippen LogP contribution in [0.1, 0.15) is 26.7 Å². The fourth-order valence-corrected chi connectivity index (χ4v) is 2.53. The lowest BCUT2D eigenvalue weighted by Gasteiger charge is -2.33. The van der Waals surface area contributed by atoms with E-state index in [0.29, 0.717) is 11.8 Å². The number of rotatable bonds is 3. The van der Waals surface area contributed by atoms with Crippen LogP contribution in [-0.4, -0.2) is 30.4 Å². The van der Waals surface area contributed by atoms with Gasteiger partial charge in [0.15, 0.2) is 0 Å². The summed E-state index contributed by atoms with van der Waals surface area (Å²) in [6, 6.07) is 0. The highest BCUT2D eigenvalue weighted by molar-refractivity contribution is 14.1. The van der Waals surface area contributed by atoms with E-state index >= 15 is 0 Å². The maximum absolute atomic E-state index is 11.8. The van der Waals surface area contributed by atoms with Gasteiger partial charge in [-0.15, -0.1) is 0 Å². The van der Waals surface area contributed by atoms with E-state index in [1.807, 2.05) is 18.7 Å². The molecule has 1 amide bonds. The van der Waals surface area contributed by atoms with Crippen molar-refractivity contribution in [1.82, 2.24) is 8.43 Å². The molecule has 1 fully saturated rings. The molecule has 1 aliphatic rings. The molecule has 4 heteroatoms. The van der Waals surface area contributed by atoms with E-state index in [4.69, 9.17) is 0 Å². The number of hydrogen-bond donors (Lipinski definition) is 1. The van der Waals surface area contributed by atoms with Crippen LogP contribution in [-0.2, 0) is 4.79 Å². The Morgan fingerprint density at radius 3 is 2.93 bits per heavy atom. The van der Waals surface area contributed by atoms with E-state index in [1.54, 1.807) is 0 Å². The molecule has 0 aliphatic carbocycles. The Balaban J connectivity index is 2.43. The number of nitrogens with one attached hydrogen (secondary N) is 1. The van der Waals surface area contributed by atoms with Gasteiger partial charge in [-0.2, -0.15) is 0 Å². The number of hydrogen-bond acceptors (Lipinski definition) is 2. The normalized spacial score (nSPS) is 22.9. The number of carbonyl (C=O) groups excluding carboxylic acids is 1. The fraction of sp³-hybridized carbons (Fsp3) is 0.900. The van der Waals surface area contributed by atoms with Crippen molar-refractivity contribution in [3.8, 4) is 0 Å². The van der Waals surface area contributed by atoms with Crippen molar-refractivity contribution in [1.29, 1.82) is 0 Å². The lowest BCUT2D eigenvalue weighted by atomic mass is 9.97. The number of amides is 1. The van der Waals surface area contributed by atoms with Gasteiger partial charge < -0.3 is 4.90 Å². The predicted molar refractivity (Wildman–Crippen MR) is 66.2 cm³/mol. The van der Waals surface area contributed by atoms with E-state index in [2.05, 4.69) is 26.4 Å². The van der Waals surface area contributed by atoms with Crippen LogP contribution in [0.2, 0.25) is 0 Å². The maximum atomic E-state index is 11.8. The van der Waals surface area contributed by atoms with Gasteiger partial charge in [0, 0.05) is 48.4 Å². The van der Waals surface area contributed by atoms with E-state index in [9.17, 15) is 4.79 Å². The van der Waals surface area contributed by atoms with Gasteiger partial charge in [-0.05, 0) is 18.8 Å². The largest absolute Gasteiger partial charge is 0.342 e. The first-order chi connectivity index (χ1) is 6.65. The van der Waals surface area contributed by atoms with Crippen molar-refractivity contribution >= 4 is 28.8 Å². The monoisotopic (exact) mass is 310 g/mol. The first kappa shape index (κ1) is 12.2. The van der Waals surface area contributed by atoms with Crippen LogP contribution in [0.3, 0.4) is 0 Å². The van der Waals surface area contributed by atoms with Gasteiger partial charge in [0.05, 0.1) is 0 Å². The lowest BCUT2D eigenvalue weighted by molar-refractivity contribution is -0.136. The zero-order valence-electron chi connectivity index (χ0n) is 8.92. The molecule has 1 heterocycles. The summed E-state index contributed by atoms with van der Waals surface area (Å²) in [7, 11) is 0. The van der Waals surface area contributed by atoms with Gasteiger partial charge in [-0.1, -0.05) is 13.8 Å². The van der Waals surface area contributed by atoms with E-state index in [1.165, 1.54) is 6.42 Å². The molecule has 82 valence electrons. The Kier molecular flexibility index (Phi) is 5.15. The van der Waals surface area contributed by atoms with Crippen LogP contribution in [0.5, 0.6) is 0 Å². The van der Waals surface area contributed by atoms with Gasteiger partial charge in [0.25, 0.3) is 0 Å². The first-order valence-electron chi connectivity index (χ1n) is 5.27. The summed E-state index contributed by atoms with van der Waals surface area (Å²) >= 11 is 2.17. The van der Waals surface area contributed by atoms with Gasteiger partial charge >= 0.3 is 0 Å². The number of nitrogens with zero attached hydrogens (tertiary/aromatic N) is 1. The van der Waals surface area contributed by atoms with E-state index in [-0.39, 0.29) is 5.92 Å². The molecule has 14 heavy (non-hydrogen) atoms. The molecular weight excluding hydrogens is 291 g/mol. The third kappa shape index (κ3) is 3.38. The van der Waals surface area contributed by atoms with E-state index in [0.717, 1.165) is 26.1 Å². The van der Waals surface area contributed by atoms with Crippen molar-refractivity contribution in [2.45, 2.75) is 26.7 Å². The first-order valence-corrected chi connectivity index (χ1v) is 6.35. The predicted octanol–water partition coefficient (Wildman–Crippen LogP) is 1.82. The molecule has 1 atom stereocenters. The molecule has 0 bridgehead atoms. The molecule has 0 spiro atoms. The zero-order chi connectivity index (χ0) is 10.6. The van der Waals surface area contributed by atoms with Gasteiger partial charge in [0.2, 0.25) is 5.91 Å². The standard InChI is InChI=1S/C10H19IN2O/c1-8(2)10(14)13-5-3-4-9(7-13)6-12-11/h8-9,12H,3-7H2,1-2H3. The maximum Gasteiger partial charge on any atom is 0.225 e. The van der Waals surface area contributed by atoms with Crippen LogP contribution in [0.15, 0.2) is 0 Å². The van der Waals surface area contributed by atoms with Crippen LogP contribution in [0.4, 0.5) is 0 Å². The third-order valence-corrected chi connectivity index (χ3v) is 3.13. The Morgan fingerprint density at radius 2 is 2.36 bits per heavy atom. The van der Waals surface area contributed by atoms with Crippen molar-refractivity contribution in [3.63, 3.8) is 0 Å². The van der Waals surface area contributed by atoms with Gasteiger partial charge in [-0.25, -0.2) is 0 Å². The Hall–Kier alpha value is 0.160. The molecule has 0 saturated carbocycles. The minimum Gasteiger partial charge on any atom is -0.342 e. The second-order valence-electron chi connectivity index (χ2n) is 4.28. The summed E-state index contributed by atoms with van der Waals surface area (Å²) in [5, 5.41) is 0. The van der Waals surface area contributed by atoms with Gasteiger partial charge in [-0.3, -0.25) is 8.32 Å². The summed E-state index contributed by atoms with van der Waals surface area (Å²) < 4.78 is 3.16. The number of carbonyl (C=O) groups is 1. The quantitative estimate of drug-likeness (QED) is 0.637. The van der Waals surface area contributed by atoms with E-state index < -0.39 is 0 Å². The number of halogens is 1. The average Bonchev–Trinajstić information content (AvgIpc) is 2.17. The molecule has 1 aliphatic heterocycles. The highest BCUT2D eigenvalue weighted by Gasteiger charge is 2.24. The highest BCUT2D eigenvalue weighted by Crippen LogP contribution is 2.17. The molecule has 1 unspecified atom stereocenters. The second-order valence-corrected chi connectivity index (χ2v) is 5.05. The Morgan fingerprint density at radius 1 is 1.64 bits per heavy atom. The Labute approximate surface area is 100 Å². The summed E-state index contributed by atoms with van der Waals surface area (Å²) in [6.07, 6.45) is 2.40. The van der Waals surface area contributed by atoms with Crippen LogP contribution < -0.4 is 3.53 Å². The smallest absolute Gasteiger partial charge is 0.225 e. The molecule has 1 saturated heterocycles. The van der Waals surface area contributed by atoms with Crippen LogP contribution >= 0.6 is 22.9 Å². The summed E-state index contributed by atoms with van der Waals surface area (Å²) in [5.41, 5.74) is 0. The van der Waals surface area contributed by atoms with Crippen molar-refractivity contribution in [2.75, 3.05) is 19.6 Å². The molecule has 0 aromatic carbocycles. The number of likely N-dealkylation sites (tertiary alicyclic amines) is 1. The molecule has 3 nitrogen and oxygen atoms in total. The summed E-state index contributed by atoms with van der Waals surface area (Å²) in [6.45, 7) is 6.86. The summed E-state index contributed by atoms with van der Waals surface area (Å²) in [4.78, 5) is 13.8. The Bertz CT molecular complexity index is 195. The highest BCUT2D eigenvalue weighted by atomic mass is 127. The van der Waals surface area contributed by atoms with Crippen molar-refractivity contribution in [2.24, 2.45) is 11.8 Å². The zero-order valence-corrected chi connectivity index (χ0v) is 11.1. The minimum atomic E-state index is 0.140. The molecule has 0 aromatic rings. The molecular formula is C10H19IN2O. The van der Waals surface area contributed by atoms with Crippen LogP contribution in [0.25, 0.3) is 0 Å². The van der Waals surface area contributed by atoms with Crippen LogP contribution in [0, 0.1) is 11.8 Å². The summed E-state index contributed by atoms with van der Waals surface area (Å²) in [5.74, 6) is 1.09.